The molecule has 124 valence electrons. The summed E-state index contributed by atoms with van der Waals surface area (Å²) in [5.41, 5.74) is 3.63. The van der Waals surface area contributed by atoms with E-state index in [-0.39, 0.29) is 0 Å². The summed E-state index contributed by atoms with van der Waals surface area (Å²) in [7, 11) is 0. The van der Waals surface area contributed by atoms with Crippen LogP contribution >= 0.6 is 0 Å². The number of rotatable bonds is 8. The first kappa shape index (κ1) is 17.4. The van der Waals surface area contributed by atoms with E-state index < -0.39 is 0 Å². The third-order valence-electron chi connectivity index (χ3n) is 3.67. The van der Waals surface area contributed by atoms with Crippen LogP contribution in [0, 0.1) is 6.92 Å². The second kappa shape index (κ2) is 8.59. The highest BCUT2D eigenvalue weighted by molar-refractivity contribution is 5.43. The number of aryl methyl sites for hydroxylation is 1. The van der Waals surface area contributed by atoms with Crippen molar-refractivity contribution in [3.63, 3.8) is 0 Å². The monoisotopic (exact) mass is 313 g/mol. The first-order chi connectivity index (χ1) is 11.1. The standard InChI is InChI=1S/C20H27NO2/c1-5-22-20-12-17(13-21-15(2)3)10-11-19(20)23-14-18-9-7-6-8-16(18)4/h6-12,15,21H,5,13-14H2,1-4H3. The molecular formula is C20H27NO2. The van der Waals surface area contributed by atoms with E-state index in [1.165, 1.54) is 16.7 Å². The zero-order valence-corrected chi connectivity index (χ0v) is 14.6. The highest BCUT2D eigenvalue weighted by Gasteiger charge is 2.08. The molecule has 3 nitrogen and oxygen atoms in total. The molecule has 2 aromatic carbocycles. The molecule has 23 heavy (non-hydrogen) atoms. The van der Waals surface area contributed by atoms with Gasteiger partial charge in [-0.15, -0.1) is 0 Å². The van der Waals surface area contributed by atoms with Crippen LogP contribution in [0.15, 0.2) is 42.5 Å². The van der Waals surface area contributed by atoms with E-state index in [1.54, 1.807) is 0 Å². The van der Waals surface area contributed by atoms with Crippen molar-refractivity contribution in [1.29, 1.82) is 0 Å². The molecule has 0 saturated carbocycles. The summed E-state index contributed by atoms with van der Waals surface area (Å²) in [6, 6.07) is 14.9. The van der Waals surface area contributed by atoms with Gasteiger partial charge < -0.3 is 14.8 Å². The molecule has 0 radical (unpaired) electrons. The van der Waals surface area contributed by atoms with E-state index in [4.69, 9.17) is 9.47 Å². The second-order valence-electron chi connectivity index (χ2n) is 5.96. The fourth-order valence-corrected chi connectivity index (χ4v) is 2.30. The lowest BCUT2D eigenvalue weighted by Crippen LogP contribution is -2.21. The predicted molar refractivity (Wildman–Crippen MR) is 95.1 cm³/mol. The van der Waals surface area contributed by atoms with Gasteiger partial charge in [-0.2, -0.15) is 0 Å². The lowest BCUT2D eigenvalue weighted by atomic mass is 10.1. The minimum absolute atomic E-state index is 0.461. The fourth-order valence-electron chi connectivity index (χ4n) is 2.30. The molecule has 1 N–H and O–H groups in total. The fraction of sp³-hybridized carbons (Fsp3) is 0.400. The van der Waals surface area contributed by atoms with Crippen molar-refractivity contribution in [1.82, 2.24) is 5.32 Å². The molecule has 2 rings (SSSR count). The lowest BCUT2D eigenvalue weighted by molar-refractivity contribution is 0.268. The summed E-state index contributed by atoms with van der Waals surface area (Å²) in [6.45, 7) is 10.4. The number of ether oxygens (including phenoxy) is 2. The van der Waals surface area contributed by atoms with Crippen molar-refractivity contribution in [2.45, 2.75) is 46.9 Å². The summed E-state index contributed by atoms with van der Waals surface area (Å²) >= 11 is 0. The minimum Gasteiger partial charge on any atom is -0.490 e. The summed E-state index contributed by atoms with van der Waals surface area (Å²) < 4.78 is 11.7. The van der Waals surface area contributed by atoms with E-state index in [9.17, 15) is 0 Å². The van der Waals surface area contributed by atoms with E-state index in [2.05, 4.69) is 50.4 Å². The predicted octanol–water partition coefficient (Wildman–Crippen LogP) is 4.47. The molecular weight excluding hydrogens is 286 g/mol. The van der Waals surface area contributed by atoms with Crippen LogP contribution in [-0.4, -0.2) is 12.6 Å². The van der Waals surface area contributed by atoms with Crippen LogP contribution in [0.3, 0.4) is 0 Å². The molecule has 0 saturated heterocycles. The van der Waals surface area contributed by atoms with Crippen LogP contribution < -0.4 is 14.8 Å². The Bertz CT molecular complexity index is 623. The van der Waals surface area contributed by atoms with E-state index in [1.807, 2.05) is 25.1 Å². The lowest BCUT2D eigenvalue weighted by Gasteiger charge is -2.15. The number of nitrogens with one attached hydrogen (secondary N) is 1. The molecule has 0 aliphatic rings. The molecule has 2 aromatic rings. The Morgan fingerprint density at radius 3 is 2.48 bits per heavy atom. The van der Waals surface area contributed by atoms with Gasteiger partial charge in [-0.05, 0) is 42.7 Å². The van der Waals surface area contributed by atoms with Crippen molar-refractivity contribution in [2.75, 3.05) is 6.61 Å². The van der Waals surface area contributed by atoms with Crippen molar-refractivity contribution in [3.05, 3.63) is 59.2 Å². The van der Waals surface area contributed by atoms with Crippen molar-refractivity contribution in [2.24, 2.45) is 0 Å². The zero-order chi connectivity index (χ0) is 16.7. The van der Waals surface area contributed by atoms with Gasteiger partial charge in [-0.1, -0.05) is 44.2 Å². The van der Waals surface area contributed by atoms with Gasteiger partial charge >= 0.3 is 0 Å². The Labute approximate surface area is 139 Å². The Kier molecular flexibility index (Phi) is 6.48. The Morgan fingerprint density at radius 2 is 1.78 bits per heavy atom. The van der Waals surface area contributed by atoms with Crippen molar-refractivity contribution in [3.8, 4) is 11.5 Å². The van der Waals surface area contributed by atoms with Gasteiger partial charge in [0.25, 0.3) is 0 Å². The van der Waals surface area contributed by atoms with Gasteiger partial charge in [-0.3, -0.25) is 0 Å². The van der Waals surface area contributed by atoms with E-state index in [0.717, 1.165) is 18.0 Å². The Morgan fingerprint density at radius 1 is 1.00 bits per heavy atom. The van der Waals surface area contributed by atoms with Gasteiger partial charge in [0.2, 0.25) is 0 Å². The summed E-state index contributed by atoms with van der Waals surface area (Å²) in [4.78, 5) is 0. The van der Waals surface area contributed by atoms with Crippen LogP contribution in [0.25, 0.3) is 0 Å². The first-order valence-corrected chi connectivity index (χ1v) is 8.26. The topological polar surface area (TPSA) is 30.5 Å². The highest BCUT2D eigenvalue weighted by Crippen LogP contribution is 2.29. The van der Waals surface area contributed by atoms with E-state index >= 15 is 0 Å². The van der Waals surface area contributed by atoms with Crippen LogP contribution in [0.4, 0.5) is 0 Å². The second-order valence-corrected chi connectivity index (χ2v) is 5.96. The van der Waals surface area contributed by atoms with Gasteiger partial charge in [-0.25, -0.2) is 0 Å². The first-order valence-electron chi connectivity index (χ1n) is 8.26. The SMILES string of the molecule is CCOc1cc(CNC(C)C)ccc1OCc1ccccc1C. The zero-order valence-electron chi connectivity index (χ0n) is 14.6. The smallest absolute Gasteiger partial charge is 0.161 e. The molecule has 0 aliphatic heterocycles. The largest absolute Gasteiger partial charge is 0.490 e. The maximum atomic E-state index is 5.99. The molecule has 0 heterocycles. The molecule has 0 bridgehead atoms. The highest BCUT2D eigenvalue weighted by atomic mass is 16.5. The van der Waals surface area contributed by atoms with Crippen LogP contribution in [0.2, 0.25) is 0 Å². The third kappa shape index (κ3) is 5.29. The van der Waals surface area contributed by atoms with Gasteiger partial charge in [0.1, 0.15) is 6.61 Å². The van der Waals surface area contributed by atoms with Crippen molar-refractivity contribution < 1.29 is 9.47 Å². The maximum absolute atomic E-state index is 5.99. The quantitative estimate of drug-likeness (QED) is 0.780. The van der Waals surface area contributed by atoms with Gasteiger partial charge in [0.15, 0.2) is 11.5 Å². The van der Waals surface area contributed by atoms with Crippen molar-refractivity contribution >= 4 is 0 Å². The van der Waals surface area contributed by atoms with E-state index in [0.29, 0.717) is 19.3 Å². The minimum atomic E-state index is 0.461. The van der Waals surface area contributed by atoms with Gasteiger partial charge in [0, 0.05) is 12.6 Å². The summed E-state index contributed by atoms with van der Waals surface area (Å²) in [6.07, 6.45) is 0. The molecule has 0 unspecified atom stereocenters. The normalized spacial score (nSPS) is 10.8. The maximum Gasteiger partial charge on any atom is 0.161 e. The third-order valence-corrected chi connectivity index (χ3v) is 3.67. The molecule has 0 fully saturated rings. The average Bonchev–Trinajstić information content (AvgIpc) is 2.53. The summed E-state index contributed by atoms with van der Waals surface area (Å²) in [5, 5.41) is 3.42. The number of hydrogen-bond acceptors (Lipinski definition) is 3. The van der Waals surface area contributed by atoms with Gasteiger partial charge in [0.05, 0.1) is 6.61 Å². The number of benzene rings is 2. The van der Waals surface area contributed by atoms with Crippen LogP contribution in [0.1, 0.15) is 37.5 Å². The molecule has 0 atom stereocenters. The number of hydrogen-bond donors (Lipinski definition) is 1. The van der Waals surface area contributed by atoms with Crippen LogP contribution in [0.5, 0.6) is 11.5 Å². The Hall–Kier alpha value is -2.00. The molecule has 0 aromatic heterocycles. The molecule has 0 amide bonds. The molecule has 3 heteroatoms. The molecule has 0 spiro atoms. The molecule has 0 aliphatic carbocycles. The summed E-state index contributed by atoms with van der Waals surface area (Å²) in [5.74, 6) is 1.60. The average molecular weight is 313 g/mol. The van der Waals surface area contributed by atoms with Crippen LogP contribution in [-0.2, 0) is 13.2 Å². The Balaban J connectivity index is 2.09.